The molecule has 0 saturated carbocycles. The molecule has 0 saturated heterocycles. The van der Waals surface area contributed by atoms with Crippen molar-refractivity contribution in [2.45, 2.75) is 45.8 Å². The number of nitrogens with zero attached hydrogens (tertiary/aromatic N) is 3. The summed E-state index contributed by atoms with van der Waals surface area (Å²) in [5.74, 6) is -0.668. The minimum Gasteiger partial charge on any atom is -0.495 e. The van der Waals surface area contributed by atoms with Crippen molar-refractivity contribution in [2.75, 3.05) is 13.7 Å². The van der Waals surface area contributed by atoms with Crippen molar-refractivity contribution in [3.8, 4) is 16.9 Å². The highest BCUT2D eigenvalue weighted by Gasteiger charge is 2.31. The Morgan fingerprint density at radius 1 is 1.10 bits per heavy atom. The van der Waals surface area contributed by atoms with Gasteiger partial charge in [0.2, 0.25) is 0 Å². The largest absolute Gasteiger partial charge is 0.495 e. The van der Waals surface area contributed by atoms with Gasteiger partial charge in [-0.15, -0.1) is 0 Å². The Balaban J connectivity index is 1.69. The van der Waals surface area contributed by atoms with Crippen molar-refractivity contribution in [2.24, 2.45) is 5.92 Å². The summed E-state index contributed by atoms with van der Waals surface area (Å²) in [6, 6.07) is 10.4. The Hall–Kier alpha value is -4.41. The van der Waals surface area contributed by atoms with Crippen LogP contribution in [-0.4, -0.2) is 45.4 Å². The number of pyridine rings is 1. The van der Waals surface area contributed by atoms with Crippen LogP contribution < -0.4 is 10.1 Å². The maximum absolute atomic E-state index is 13.2. The molecule has 0 aliphatic rings. The number of fused-ring (bicyclic) bond motifs is 1. The lowest BCUT2D eigenvalue weighted by atomic mass is 9.96. The van der Waals surface area contributed by atoms with E-state index >= 15 is 0 Å². The summed E-state index contributed by atoms with van der Waals surface area (Å²) in [6.45, 7) is 5.81. The second kappa shape index (κ2) is 12.0. The number of benzene rings is 2. The zero-order valence-corrected chi connectivity index (χ0v) is 23.1. The molecule has 0 aliphatic heterocycles. The Labute approximate surface area is 235 Å². The van der Waals surface area contributed by atoms with Gasteiger partial charge in [0.05, 0.1) is 36.0 Å². The number of methoxy groups -OCH3 is 1. The van der Waals surface area contributed by atoms with Gasteiger partial charge in [-0.05, 0) is 66.3 Å². The van der Waals surface area contributed by atoms with E-state index in [-0.39, 0.29) is 24.7 Å². The number of carboxylic acid groups (broad SMARTS) is 1. The van der Waals surface area contributed by atoms with Gasteiger partial charge in [-0.3, -0.25) is 19.3 Å². The molecule has 8 nitrogen and oxygen atoms in total. The summed E-state index contributed by atoms with van der Waals surface area (Å²) in [5.41, 5.74) is 2.71. The molecule has 2 aromatic heterocycles. The highest BCUT2D eigenvalue weighted by atomic mass is 19.4. The van der Waals surface area contributed by atoms with Gasteiger partial charge in [0.1, 0.15) is 11.4 Å². The molecule has 4 aromatic rings. The highest BCUT2D eigenvalue weighted by Crippen LogP contribution is 2.40. The van der Waals surface area contributed by atoms with Crippen LogP contribution in [-0.2, 0) is 11.0 Å². The van der Waals surface area contributed by atoms with Gasteiger partial charge < -0.3 is 15.2 Å². The number of aryl methyl sites for hydroxylation is 1. The molecule has 2 heterocycles. The Bertz CT molecular complexity index is 1560. The molecule has 1 atom stereocenters. The molecule has 4 rings (SSSR count). The zero-order valence-electron chi connectivity index (χ0n) is 23.1. The van der Waals surface area contributed by atoms with Crippen molar-refractivity contribution in [1.82, 2.24) is 20.1 Å². The first-order valence-electron chi connectivity index (χ1n) is 13.1. The Morgan fingerprint density at radius 3 is 2.41 bits per heavy atom. The van der Waals surface area contributed by atoms with Gasteiger partial charge in [-0.1, -0.05) is 26.0 Å². The molecule has 216 valence electrons. The van der Waals surface area contributed by atoms with Crippen LogP contribution in [0.5, 0.6) is 5.75 Å². The number of rotatable bonds is 10. The van der Waals surface area contributed by atoms with E-state index in [4.69, 9.17) is 14.9 Å². The first-order valence-corrected chi connectivity index (χ1v) is 13.1. The topological polar surface area (TPSA) is 106 Å². The third-order valence-electron chi connectivity index (χ3n) is 6.75. The molecule has 1 amide bonds. The fraction of sp³-hybridized carbons (Fsp3) is 0.333. The zero-order chi connectivity index (χ0) is 29.9. The number of amides is 1. The number of nitrogens with one attached hydrogen (secondary N) is 1. The molecule has 2 N–H and O–H groups in total. The van der Waals surface area contributed by atoms with E-state index in [9.17, 15) is 22.8 Å². The summed E-state index contributed by atoms with van der Waals surface area (Å²) in [4.78, 5) is 27.3. The highest BCUT2D eigenvalue weighted by molar-refractivity contribution is 5.94. The van der Waals surface area contributed by atoms with E-state index in [1.807, 2.05) is 16.9 Å². The maximum atomic E-state index is 13.2. The fourth-order valence-corrected chi connectivity index (χ4v) is 4.77. The van der Waals surface area contributed by atoms with Gasteiger partial charge in [0, 0.05) is 24.5 Å². The van der Waals surface area contributed by atoms with Crippen LogP contribution in [0.3, 0.4) is 0 Å². The minimum atomic E-state index is -4.43. The molecular weight excluding hydrogens is 537 g/mol. The summed E-state index contributed by atoms with van der Waals surface area (Å²) in [5, 5.41) is 16.8. The Kier molecular flexibility index (Phi) is 8.65. The van der Waals surface area contributed by atoms with Gasteiger partial charge in [0.25, 0.3) is 5.91 Å². The van der Waals surface area contributed by atoms with Crippen LogP contribution in [0.15, 0.2) is 54.9 Å². The number of ether oxygens (including phenoxy) is 1. The summed E-state index contributed by atoms with van der Waals surface area (Å²) >= 11 is 0. The second-order valence-corrected chi connectivity index (χ2v) is 10.2. The molecule has 0 bridgehead atoms. The van der Waals surface area contributed by atoms with Crippen LogP contribution >= 0.6 is 0 Å². The summed E-state index contributed by atoms with van der Waals surface area (Å²) in [7, 11) is 1.52. The number of alkyl halides is 3. The van der Waals surface area contributed by atoms with E-state index in [1.165, 1.54) is 13.2 Å². The second-order valence-electron chi connectivity index (χ2n) is 10.2. The van der Waals surface area contributed by atoms with Crippen molar-refractivity contribution < 1.29 is 32.6 Å². The molecule has 0 aliphatic carbocycles. The third kappa shape index (κ3) is 6.67. The molecule has 1 unspecified atom stereocenters. The lowest BCUT2D eigenvalue weighted by molar-refractivity contribution is -0.138. The van der Waals surface area contributed by atoms with Crippen LogP contribution in [0.2, 0.25) is 0 Å². The van der Waals surface area contributed by atoms with E-state index in [0.29, 0.717) is 45.7 Å². The van der Waals surface area contributed by atoms with Crippen LogP contribution in [0, 0.1) is 12.8 Å². The van der Waals surface area contributed by atoms with E-state index < -0.39 is 23.6 Å². The average molecular weight is 569 g/mol. The van der Waals surface area contributed by atoms with Crippen LogP contribution in [0.25, 0.3) is 22.0 Å². The number of aromatic nitrogens is 3. The lowest BCUT2D eigenvalue weighted by Crippen LogP contribution is -2.27. The van der Waals surface area contributed by atoms with Crippen molar-refractivity contribution in [1.29, 1.82) is 0 Å². The number of carboxylic acids is 1. The summed E-state index contributed by atoms with van der Waals surface area (Å²) in [6.07, 6.45) is -0.429. The lowest BCUT2D eigenvalue weighted by Gasteiger charge is -2.20. The number of hydrogen-bond acceptors (Lipinski definition) is 5. The number of aliphatic carboxylic acids is 1. The number of carbonyl (C=O) groups is 2. The molecule has 0 radical (unpaired) electrons. The van der Waals surface area contributed by atoms with Gasteiger partial charge in [0.15, 0.2) is 0 Å². The minimum absolute atomic E-state index is 0.00324. The average Bonchev–Trinajstić information content (AvgIpc) is 3.34. The fourth-order valence-electron chi connectivity index (χ4n) is 4.77. The normalized spacial score (nSPS) is 12.5. The van der Waals surface area contributed by atoms with Crippen LogP contribution in [0.1, 0.15) is 59.9 Å². The van der Waals surface area contributed by atoms with Gasteiger partial charge >= 0.3 is 12.1 Å². The first-order chi connectivity index (χ1) is 19.4. The SMILES string of the molecule is COc1c(-c2ccc(C(F)(F)F)cc2C)ccc2nn(C(CC(C)C)c3ccc(C(=O)NCCC(=O)O)nc3)cc12. The molecule has 11 heteroatoms. The van der Waals surface area contributed by atoms with Crippen molar-refractivity contribution >= 4 is 22.8 Å². The Morgan fingerprint density at radius 2 is 1.83 bits per heavy atom. The van der Waals surface area contributed by atoms with Crippen molar-refractivity contribution in [3.05, 3.63) is 77.2 Å². The predicted octanol–water partition coefficient (Wildman–Crippen LogP) is 6.27. The predicted molar refractivity (Wildman–Crippen MR) is 148 cm³/mol. The first kappa shape index (κ1) is 29.6. The molecule has 2 aromatic carbocycles. The van der Waals surface area contributed by atoms with Crippen molar-refractivity contribution in [3.63, 3.8) is 0 Å². The monoisotopic (exact) mass is 568 g/mol. The third-order valence-corrected chi connectivity index (χ3v) is 6.75. The maximum Gasteiger partial charge on any atom is 0.416 e. The van der Waals surface area contributed by atoms with Gasteiger partial charge in [-0.25, -0.2) is 0 Å². The quantitative estimate of drug-likeness (QED) is 0.233. The standard InChI is InChI=1S/C30H31F3N4O4/c1-17(2)13-26(19-5-9-25(35-15-19)29(40)34-12-11-27(38)39)37-16-23-24(36-37)10-8-22(28(23)41-4)21-7-6-20(14-18(21)3)30(31,32)33/h5-10,14-17,26H,11-13H2,1-4H3,(H,34,40)(H,38,39). The van der Waals surface area contributed by atoms with Gasteiger partial charge in [-0.2, -0.15) is 18.3 Å². The van der Waals surface area contributed by atoms with E-state index in [1.54, 1.807) is 31.3 Å². The molecule has 41 heavy (non-hydrogen) atoms. The summed E-state index contributed by atoms with van der Waals surface area (Å²) < 4.78 is 47.3. The van der Waals surface area contributed by atoms with E-state index in [0.717, 1.165) is 17.7 Å². The number of hydrogen-bond donors (Lipinski definition) is 2. The van der Waals surface area contributed by atoms with E-state index in [2.05, 4.69) is 24.1 Å². The smallest absolute Gasteiger partial charge is 0.416 e. The number of carbonyl (C=O) groups excluding carboxylic acids is 1. The number of halogens is 3. The molecule has 0 fully saturated rings. The molecule has 0 spiro atoms. The molecular formula is C30H31F3N4O4. The van der Waals surface area contributed by atoms with Crippen LogP contribution in [0.4, 0.5) is 13.2 Å².